The molecule has 1 aromatic rings. The quantitative estimate of drug-likeness (QED) is 0.771. The van der Waals surface area contributed by atoms with Crippen LogP contribution in [0.3, 0.4) is 0 Å². The van der Waals surface area contributed by atoms with Crippen molar-refractivity contribution in [2.45, 2.75) is 31.2 Å². The number of hydrogen-bond donors (Lipinski definition) is 1. The SMILES string of the molecule is Brc1ccc2c(c1)C1(CCC1)CNC2.Cl. The average Bonchev–Trinajstić information content (AvgIpc) is 2.14. The zero-order valence-corrected chi connectivity index (χ0v) is 11.0. The second-order valence-corrected chi connectivity index (χ2v) is 5.45. The molecule has 0 unspecified atom stereocenters. The van der Waals surface area contributed by atoms with Gasteiger partial charge in [0.2, 0.25) is 0 Å². The topological polar surface area (TPSA) is 12.0 Å². The fourth-order valence-electron chi connectivity index (χ4n) is 2.78. The molecule has 0 radical (unpaired) electrons. The third-order valence-corrected chi connectivity index (χ3v) is 4.23. The molecule has 0 saturated heterocycles. The van der Waals surface area contributed by atoms with E-state index in [1.807, 2.05) is 0 Å². The summed E-state index contributed by atoms with van der Waals surface area (Å²) in [7, 11) is 0. The van der Waals surface area contributed by atoms with Gasteiger partial charge in [0.1, 0.15) is 0 Å². The minimum absolute atomic E-state index is 0. The van der Waals surface area contributed by atoms with Crippen LogP contribution in [0.5, 0.6) is 0 Å². The summed E-state index contributed by atoms with van der Waals surface area (Å²) < 4.78 is 1.23. The minimum atomic E-state index is 0. The lowest BCUT2D eigenvalue weighted by Gasteiger charge is -2.46. The largest absolute Gasteiger partial charge is 0.312 e. The van der Waals surface area contributed by atoms with E-state index < -0.39 is 0 Å². The predicted molar refractivity (Wildman–Crippen MR) is 68.6 cm³/mol. The van der Waals surface area contributed by atoms with Crippen molar-refractivity contribution < 1.29 is 0 Å². The van der Waals surface area contributed by atoms with Crippen LogP contribution in [-0.4, -0.2) is 6.54 Å². The molecular weight excluding hydrogens is 273 g/mol. The van der Waals surface area contributed by atoms with E-state index in [0.717, 1.165) is 6.54 Å². The van der Waals surface area contributed by atoms with Gasteiger partial charge in [0, 0.05) is 23.0 Å². The lowest BCUT2D eigenvalue weighted by atomic mass is 9.62. The second-order valence-electron chi connectivity index (χ2n) is 4.54. The van der Waals surface area contributed by atoms with Crippen LogP contribution in [0.25, 0.3) is 0 Å². The van der Waals surface area contributed by atoms with Crippen molar-refractivity contribution in [3.8, 4) is 0 Å². The van der Waals surface area contributed by atoms with E-state index in [2.05, 4.69) is 39.4 Å². The highest BCUT2D eigenvalue weighted by atomic mass is 79.9. The van der Waals surface area contributed by atoms with Gasteiger partial charge in [-0.05, 0) is 36.1 Å². The summed E-state index contributed by atoms with van der Waals surface area (Å²) in [5, 5.41) is 3.54. The van der Waals surface area contributed by atoms with E-state index in [1.165, 1.54) is 35.8 Å². The Hall–Kier alpha value is -0.0500. The lowest BCUT2D eigenvalue weighted by Crippen LogP contribution is -2.47. The summed E-state index contributed by atoms with van der Waals surface area (Å²) in [6, 6.07) is 6.74. The Bertz CT molecular complexity index is 374. The molecule has 1 aromatic carbocycles. The molecule has 1 saturated carbocycles. The molecule has 2 aliphatic rings. The first-order valence-corrected chi connectivity index (χ1v) is 6.09. The van der Waals surface area contributed by atoms with Crippen molar-refractivity contribution in [1.82, 2.24) is 5.32 Å². The van der Waals surface area contributed by atoms with Crippen molar-refractivity contribution in [1.29, 1.82) is 0 Å². The van der Waals surface area contributed by atoms with Crippen molar-refractivity contribution in [2.75, 3.05) is 6.54 Å². The molecular formula is C12H15BrClN. The summed E-state index contributed by atoms with van der Waals surface area (Å²) in [4.78, 5) is 0. The highest BCUT2D eigenvalue weighted by Crippen LogP contribution is 2.46. The second kappa shape index (κ2) is 4.08. The Morgan fingerprint density at radius 2 is 2.07 bits per heavy atom. The third-order valence-electron chi connectivity index (χ3n) is 3.73. The van der Waals surface area contributed by atoms with Gasteiger partial charge < -0.3 is 5.32 Å². The van der Waals surface area contributed by atoms with E-state index in [0.29, 0.717) is 5.41 Å². The summed E-state index contributed by atoms with van der Waals surface area (Å²) in [6.07, 6.45) is 4.13. The van der Waals surface area contributed by atoms with Gasteiger partial charge in [-0.2, -0.15) is 0 Å². The van der Waals surface area contributed by atoms with Crippen molar-refractivity contribution in [3.05, 3.63) is 33.8 Å². The Kier molecular flexibility index (Phi) is 3.11. The molecule has 3 rings (SSSR count). The standard InChI is InChI=1S/C12H14BrN.ClH/c13-10-3-2-9-7-14-8-12(4-1-5-12)11(9)6-10;/h2-3,6,14H,1,4-5,7-8H2;1H. The average molecular weight is 289 g/mol. The maximum absolute atomic E-state index is 3.57. The van der Waals surface area contributed by atoms with Gasteiger partial charge in [-0.25, -0.2) is 0 Å². The van der Waals surface area contributed by atoms with Crippen LogP contribution in [0.1, 0.15) is 30.4 Å². The summed E-state index contributed by atoms with van der Waals surface area (Å²) in [5.74, 6) is 0. The molecule has 0 aromatic heterocycles. The molecule has 1 fully saturated rings. The van der Waals surface area contributed by atoms with Gasteiger partial charge in [0.15, 0.2) is 0 Å². The summed E-state index contributed by atoms with van der Waals surface area (Å²) in [6.45, 7) is 2.22. The molecule has 1 N–H and O–H groups in total. The van der Waals surface area contributed by atoms with Crippen LogP contribution in [-0.2, 0) is 12.0 Å². The summed E-state index contributed by atoms with van der Waals surface area (Å²) >= 11 is 3.57. The molecule has 1 nitrogen and oxygen atoms in total. The first-order chi connectivity index (χ1) is 6.80. The number of rotatable bonds is 0. The number of halogens is 2. The molecule has 82 valence electrons. The molecule has 0 amide bonds. The smallest absolute Gasteiger partial charge is 0.0208 e. The minimum Gasteiger partial charge on any atom is -0.312 e. The first-order valence-electron chi connectivity index (χ1n) is 5.30. The maximum atomic E-state index is 3.57. The number of nitrogens with one attached hydrogen (secondary N) is 1. The van der Waals surface area contributed by atoms with Crippen LogP contribution in [0.4, 0.5) is 0 Å². The van der Waals surface area contributed by atoms with Gasteiger partial charge in [-0.1, -0.05) is 28.4 Å². The van der Waals surface area contributed by atoms with E-state index in [-0.39, 0.29) is 12.4 Å². The fourth-order valence-corrected chi connectivity index (χ4v) is 3.14. The van der Waals surface area contributed by atoms with Crippen LogP contribution in [0.2, 0.25) is 0 Å². The van der Waals surface area contributed by atoms with E-state index in [4.69, 9.17) is 0 Å². The molecule has 0 bridgehead atoms. The zero-order valence-electron chi connectivity index (χ0n) is 8.55. The molecule has 1 aliphatic heterocycles. The molecule has 1 spiro atoms. The Morgan fingerprint density at radius 1 is 1.27 bits per heavy atom. The van der Waals surface area contributed by atoms with E-state index in [1.54, 1.807) is 5.56 Å². The van der Waals surface area contributed by atoms with Crippen molar-refractivity contribution >= 4 is 28.3 Å². The van der Waals surface area contributed by atoms with Crippen LogP contribution < -0.4 is 5.32 Å². The molecule has 1 aliphatic carbocycles. The molecule has 0 atom stereocenters. The number of fused-ring (bicyclic) bond motifs is 2. The van der Waals surface area contributed by atoms with Gasteiger partial charge >= 0.3 is 0 Å². The van der Waals surface area contributed by atoms with Crippen LogP contribution in [0.15, 0.2) is 22.7 Å². The fraction of sp³-hybridized carbons (Fsp3) is 0.500. The van der Waals surface area contributed by atoms with Gasteiger partial charge in [0.05, 0.1) is 0 Å². The normalized spacial score (nSPS) is 21.4. The van der Waals surface area contributed by atoms with Crippen molar-refractivity contribution in [2.24, 2.45) is 0 Å². The number of benzene rings is 1. The molecule has 15 heavy (non-hydrogen) atoms. The molecule has 1 heterocycles. The zero-order chi connectivity index (χ0) is 9.60. The van der Waals surface area contributed by atoms with Crippen LogP contribution in [0, 0.1) is 0 Å². The number of hydrogen-bond acceptors (Lipinski definition) is 1. The first kappa shape index (κ1) is 11.4. The predicted octanol–water partition coefficient (Wildman–Crippen LogP) is 3.40. The van der Waals surface area contributed by atoms with Crippen LogP contribution >= 0.6 is 28.3 Å². The van der Waals surface area contributed by atoms with Gasteiger partial charge in [0.25, 0.3) is 0 Å². The van der Waals surface area contributed by atoms with Gasteiger partial charge in [-0.3, -0.25) is 0 Å². The summed E-state index contributed by atoms with van der Waals surface area (Å²) in [5.41, 5.74) is 3.58. The van der Waals surface area contributed by atoms with E-state index in [9.17, 15) is 0 Å². The Balaban J connectivity index is 0.000000853. The molecule has 3 heteroatoms. The Labute approximate surface area is 105 Å². The Morgan fingerprint density at radius 3 is 2.73 bits per heavy atom. The third kappa shape index (κ3) is 1.73. The maximum Gasteiger partial charge on any atom is 0.0208 e. The van der Waals surface area contributed by atoms with Crippen molar-refractivity contribution in [3.63, 3.8) is 0 Å². The monoisotopic (exact) mass is 287 g/mol. The van der Waals surface area contributed by atoms with E-state index >= 15 is 0 Å². The lowest BCUT2D eigenvalue weighted by molar-refractivity contribution is 0.219. The van der Waals surface area contributed by atoms with Gasteiger partial charge in [-0.15, -0.1) is 12.4 Å². The highest BCUT2D eigenvalue weighted by molar-refractivity contribution is 9.10. The highest BCUT2D eigenvalue weighted by Gasteiger charge is 2.41.